The molecule has 1 heterocycles. The van der Waals surface area contributed by atoms with Gasteiger partial charge in [0.05, 0.1) is 6.04 Å². The van der Waals surface area contributed by atoms with Gasteiger partial charge >= 0.3 is 6.09 Å². The number of rotatable bonds is 2. The lowest BCUT2D eigenvalue weighted by atomic mass is 10.0. The van der Waals surface area contributed by atoms with Crippen molar-refractivity contribution in [3.63, 3.8) is 0 Å². The highest BCUT2D eigenvalue weighted by atomic mass is 16.6. The number of hydrogen-bond acceptors (Lipinski definition) is 4. The van der Waals surface area contributed by atoms with Crippen LogP contribution in [0.15, 0.2) is 5.11 Å². The lowest BCUT2D eigenvalue weighted by Gasteiger charge is -2.29. The van der Waals surface area contributed by atoms with Crippen LogP contribution in [0.4, 0.5) is 4.79 Å². The molecule has 1 amide bonds. The molecule has 0 saturated carbocycles. The summed E-state index contributed by atoms with van der Waals surface area (Å²) in [4.78, 5) is 14.3. The molecule has 0 unspecified atom stereocenters. The molecule has 0 spiro atoms. The molecule has 0 aromatic carbocycles. The number of hydrogen-bond donors (Lipinski definition) is 2. The molecule has 2 atom stereocenters. The van der Waals surface area contributed by atoms with Crippen LogP contribution in [0.5, 0.6) is 0 Å². The highest BCUT2D eigenvalue weighted by Crippen LogP contribution is 2.10. The van der Waals surface area contributed by atoms with E-state index >= 15 is 0 Å². The van der Waals surface area contributed by atoms with Crippen LogP contribution in [0.2, 0.25) is 0 Å². The Morgan fingerprint density at radius 1 is 1.53 bits per heavy atom. The number of amides is 1. The Morgan fingerprint density at radius 3 is 2.82 bits per heavy atom. The Morgan fingerprint density at radius 2 is 2.24 bits per heavy atom. The summed E-state index contributed by atoms with van der Waals surface area (Å²) in [7, 11) is 0. The van der Waals surface area contributed by atoms with Gasteiger partial charge < -0.3 is 15.4 Å². The van der Waals surface area contributed by atoms with Crippen LogP contribution < -0.4 is 10.6 Å². The fourth-order valence-corrected chi connectivity index (χ4v) is 1.66. The molecule has 2 N–H and O–H groups in total. The Labute approximate surface area is 101 Å². The second-order valence-corrected chi connectivity index (χ2v) is 5.10. The molecule has 1 aliphatic rings. The van der Waals surface area contributed by atoms with Gasteiger partial charge in [0.15, 0.2) is 0 Å². The minimum absolute atomic E-state index is 0.0610. The molecular weight excluding hydrogens is 222 g/mol. The third-order valence-electron chi connectivity index (χ3n) is 2.26. The summed E-state index contributed by atoms with van der Waals surface area (Å²) in [5.74, 6) is 0. The Balaban J connectivity index is 2.41. The number of piperidine rings is 1. The van der Waals surface area contributed by atoms with Crippen LogP contribution in [0.3, 0.4) is 0 Å². The van der Waals surface area contributed by atoms with E-state index in [-0.39, 0.29) is 12.1 Å². The third kappa shape index (κ3) is 5.42. The number of ether oxygens (including phenoxy) is 1. The van der Waals surface area contributed by atoms with Gasteiger partial charge in [-0.25, -0.2) is 4.79 Å². The molecule has 1 saturated heterocycles. The van der Waals surface area contributed by atoms with E-state index in [0.717, 1.165) is 0 Å². The van der Waals surface area contributed by atoms with Gasteiger partial charge in [-0.3, -0.25) is 0 Å². The average Bonchev–Trinajstić information content (AvgIpc) is 2.15. The van der Waals surface area contributed by atoms with Crippen molar-refractivity contribution in [3.05, 3.63) is 10.4 Å². The number of carbonyl (C=O) groups excluding carboxylic acids is 1. The topological polar surface area (TPSA) is 99.1 Å². The van der Waals surface area contributed by atoms with E-state index in [4.69, 9.17) is 10.3 Å². The zero-order valence-corrected chi connectivity index (χ0v) is 10.4. The first-order chi connectivity index (χ1) is 7.90. The first-order valence-electron chi connectivity index (χ1n) is 5.65. The summed E-state index contributed by atoms with van der Waals surface area (Å²) in [6, 6.07) is -0.178. The van der Waals surface area contributed by atoms with Crippen molar-refractivity contribution in [1.29, 1.82) is 0 Å². The minimum Gasteiger partial charge on any atom is -0.444 e. The maximum Gasteiger partial charge on any atom is 0.407 e. The van der Waals surface area contributed by atoms with Gasteiger partial charge in [0, 0.05) is 24.0 Å². The SMILES string of the molecule is CC(C)(C)OC(=O)N[C@@H]1CNC[C@@H](N=[N+]=[N-])C1. The Kier molecular flexibility index (Phi) is 4.60. The molecule has 0 aromatic rings. The largest absolute Gasteiger partial charge is 0.444 e. The van der Waals surface area contributed by atoms with Crippen molar-refractivity contribution < 1.29 is 9.53 Å². The zero-order valence-electron chi connectivity index (χ0n) is 10.4. The molecule has 1 fully saturated rings. The van der Waals surface area contributed by atoms with Crippen molar-refractivity contribution in [2.24, 2.45) is 5.11 Å². The van der Waals surface area contributed by atoms with Gasteiger partial charge in [0.1, 0.15) is 5.60 Å². The second kappa shape index (κ2) is 5.75. The molecule has 1 rings (SSSR count). The fourth-order valence-electron chi connectivity index (χ4n) is 1.66. The molecular formula is C10H19N5O2. The van der Waals surface area contributed by atoms with Gasteiger partial charge in [-0.1, -0.05) is 5.11 Å². The van der Waals surface area contributed by atoms with Crippen molar-refractivity contribution in [1.82, 2.24) is 10.6 Å². The Bertz CT molecular complexity index is 319. The summed E-state index contributed by atoms with van der Waals surface area (Å²) in [5, 5.41) is 9.50. The maximum atomic E-state index is 11.5. The molecule has 0 aliphatic carbocycles. The summed E-state index contributed by atoms with van der Waals surface area (Å²) >= 11 is 0. The van der Waals surface area contributed by atoms with E-state index in [1.54, 1.807) is 0 Å². The van der Waals surface area contributed by atoms with Crippen molar-refractivity contribution >= 4 is 6.09 Å². The number of nitrogens with one attached hydrogen (secondary N) is 2. The standard InChI is InChI=1S/C10H19N5O2/c1-10(2,3)17-9(16)13-7-4-8(14-15-11)6-12-5-7/h7-8,12H,4-6H2,1-3H3,(H,13,16)/t7-,8-/m0/s1. The molecule has 0 radical (unpaired) electrons. The highest BCUT2D eigenvalue weighted by molar-refractivity contribution is 5.68. The molecule has 96 valence electrons. The van der Waals surface area contributed by atoms with Crippen LogP contribution in [0.25, 0.3) is 10.4 Å². The van der Waals surface area contributed by atoms with E-state index in [1.807, 2.05) is 20.8 Å². The lowest BCUT2D eigenvalue weighted by Crippen LogP contribution is -2.51. The summed E-state index contributed by atoms with van der Waals surface area (Å²) in [5.41, 5.74) is 7.85. The first-order valence-corrected chi connectivity index (χ1v) is 5.65. The molecule has 17 heavy (non-hydrogen) atoms. The van der Waals surface area contributed by atoms with E-state index in [1.165, 1.54) is 0 Å². The average molecular weight is 241 g/mol. The molecule has 7 nitrogen and oxygen atoms in total. The number of nitrogens with zero attached hydrogens (tertiary/aromatic N) is 3. The molecule has 1 aliphatic heterocycles. The van der Waals surface area contributed by atoms with Crippen LogP contribution in [-0.2, 0) is 4.74 Å². The summed E-state index contributed by atoms with van der Waals surface area (Å²) < 4.78 is 5.15. The smallest absolute Gasteiger partial charge is 0.407 e. The van der Waals surface area contributed by atoms with Gasteiger partial charge in [-0.2, -0.15) is 0 Å². The highest BCUT2D eigenvalue weighted by Gasteiger charge is 2.24. The quantitative estimate of drug-likeness (QED) is 0.436. The fraction of sp³-hybridized carbons (Fsp3) is 0.900. The predicted octanol–water partition coefficient (Wildman–Crippen LogP) is 1.55. The number of alkyl carbamates (subject to hydrolysis) is 1. The summed E-state index contributed by atoms with van der Waals surface area (Å²) in [6.45, 7) is 6.75. The normalized spacial score (nSPS) is 24.6. The monoisotopic (exact) mass is 241 g/mol. The molecule has 0 bridgehead atoms. The van der Waals surface area contributed by atoms with E-state index in [9.17, 15) is 4.79 Å². The van der Waals surface area contributed by atoms with Gasteiger partial charge in [0.25, 0.3) is 0 Å². The van der Waals surface area contributed by atoms with Crippen LogP contribution >= 0.6 is 0 Å². The van der Waals surface area contributed by atoms with Crippen molar-refractivity contribution in [2.45, 2.75) is 44.9 Å². The predicted molar refractivity (Wildman–Crippen MR) is 63.6 cm³/mol. The lowest BCUT2D eigenvalue weighted by molar-refractivity contribution is 0.0495. The Hall–Kier alpha value is -1.46. The zero-order chi connectivity index (χ0) is 12.9. The van der Waals surface area contributed by atoms with Gasteiger partial charge in [-0.05, 0) is 32.7 Å². The molecule has 7 heteroatoms. The van der Waals surface area contributed by atoms with Crippen molar-refractivity contribution in [3.8, 4) is 0 Å². The van der Waals surface area contributed by atoms with Crippen LogP contribution in [0.1, 0.15) is 27.2 Å². The van der Waals surface area contributed by atoms with E-state index in [2.05, 4.69) is 20.7 Å². The second-order valence-electron chi connectivity index (χ2n) is 5.10. The van der Waals surface area contributed by atoms with Crippen LogP contribution in [0, 0.1) is 0 Å². The first kappa shape index (κ1) is 13.6. The molecule has 0 aromatic heterocycles. The maximum absolute atomic E-state index is 11.5. The van der Waals surface area contributed by atoms with Crippen LogP contribution in [-0.4, -0.2) is 36.9 Å². The van der Waals surface area contributed by atoms with Gasteiger partial charge in [-0.15, -0.1) is 0 Å². The number of carbonyl (C=O) groups is 1. The van der Waals surface area contributed by atoms with E-state index in [0.29, 0.717) is 19.5 Å². The van der Waals surface area contributed by atoms with Gasteiger partial charge in [0.2, 0.25) is 0 Å². The van der Waals surface area contributed by atoms with Crippen molar-refractivity contribution in [2.75, 3.05) is 13.1 Å². The minimum atomic E-state index is -0.504. The summed E-state index contributed by atoms with van der Waals surface area (Å²) in [6.07, 6.45) is 0.196. The number of azide groups is 1. The third-order valence-corrected chi connectivity index (χ3v) is 2.26. The van der Waals surface area contributed by atoms with E-state index < -0.39 is 11.7 Å².